The third-order valence-electron chi connectivity index (χ3n) is 3.86. The van der Waals surface area contributed by atoms with Crippen molar-refractivity contribution in [1.82, 2.24) is 19.9 Å². The molecule has 0 unspecified atom stereocenters. The molecule has 4 nitrogen and oxygen atoms in total. The van der Waals surface area contributed by atoms with Crippen LogP contribution in [0.25, 0.3) is 11.3 Å². The molecule has 0 saturated heterocycles. The fraction of sp³-hybridized carbons (Fsp3) is 0.235. The second kappa shape index (κ2) is 5.98. The lowest BCUT2D eigenvalue weighted by atomic mass is 9.95. The third-order valence-corrected chi connectivity index (χ3v) is 3.86. The lowest BCUT2D eigenvalue weighted by Crippen LogP contribution is -2.34. The van der Waals surface area contributed by atoms with Crippen LogP contribution in [0.2, 0.25) is 0 Å². The fourth-order valence-corrected chi connectivity index (χ4v) is 2.39. The molecule has 1 heterocycles. The molecule has 21 heavy (non-hydrogen) atoms. The van der Waals surface area contributed by atoms with Crippen molar-refractivity contribution < 1.29 is 0 Å². The number of hydrogen-bond donors (Lipinski definition) is 0. The molecule has 107 valence electrons. The van der Waals surface area contributed by atoms with Gasteiger partial charge in [-0.25, -0.2) is 4.68 Å². The smallest absolute Gasteiger partial charge is 0.113 e. The molecule has 0 amide bonds. The zero-order chi connectivity index (χ0) is 14.8. The molecule has 0 bridgehead atoms. The molecule has 0 N–H and O–H groups in total. The average molecular weight is 279 g/mol. The molecule has 1 atom stereocenters. The van der Waals surface area contributed by atoms with Gasteiger partial charge in [-0.1, -0.05) is 35.5 Å². The topological polar surface area (TPSA) is 34.0 Å². The summed E-state index contributed by atoms with van der Waals surface area (Å²) >= 11 is 0. The highest BCUT2D eigenvalue weighted by Gasteiger charge is 2.36. The molecule has 4 heteroatoms. The summed E-state index contributed by atoms with van der Waals surface area (Å²) in [5.41, 5.74) is 1.97. The van der Waals surface area contributed by atoms with Crippen molar-refractivity contribution in [3.8, 4) is 11.3 Å². The molecule has 1 aromatic carbocycles. The number of hydrogen-bond acceptors (Lipinski definition) is 3. The monoisotopic (exact) mass is 279 g/mol. The summed E-state index contributed by atoms with van der Waals surface area (Å²) in [6.45, 7) is 2.19. The Labute approximate surface area is 126 Å². The van der Waals surface area contributed by atoms with Gasteiger partial charge >= 0.3 is 0 Å². The zero-order valence-electron chi connectivity index (χ0n) is 12.6. The number of nitrogens with zero attached hydrogens (tertiary/aromatic N) is 4. The van der Waals surface area contributed by atoms with Gasteiger partial charge in [-0.05, 0) is 40.3 Å². The highest BCUT2D eigenvalue weighted by molar-refractivity contribution is 5.58. The minimum absolute atomic E-state index is 0.333. The van der Waals surface area contributed by atoms with E-state index in [1.807, 2.05) is 41.2 Å². The Hall–Kier alpha value is -1.68. The number of rotatable bonds is 4. The van der Waals surface area contributed by atoms with Crippen molar-refractivity contribution in [1.29, 1.82) is 0 Å². The van der Waals surface area contributed by atoms with Gasteiger partial charge in [-0.3, -0.25) is 0 Å². The first-order valence-electron chi connectivity index (χ1n) is 7.07. The molecule has 0 aliphatic heterocycles. The predicted octanol–water partition coefficient (Wildman–Crippen LogP) is 2.48. The Balaban J connectivity index is 1.82. The molecule has 0 spiro atoms. The molecule has 1 aromatic heterocycles. The summed E-state index contributed by atoms with van der Waals surface area (Å²) in [7, 11) is 4.16. The lowest BCUT2D eigenvalue weighted by molar-refractivity contribution is 0.325. The minimum Gasteiger partial charge on any atom is -0.306 e. The van der Waals surface area contributed by atoms with E-state index in [0.717, 1.165) is 17.3 Å². The highest BCUT2D eigenvalue weighted by atomic mass is 15.4. The zero-order valence-corrected chi connectivity index (χ0v) is 12.6. The van der Waals surface area contributed by atoms with Crippen molar-refractivity contribution in [2.75, 3.05) is 14.1 Å². The van der Waals surface area contributed by atoms with E-state index in [2.05, 4.69) is 55.5 Å². The summed E-state index contributed by atoms with van der Waals surface area (Å²) < 4.78 is 1.86. The van der Waals surface area contributed by atoms with Crippen LogP contribution >= 0.6 is 0 Å². The van der Waals surface area contributed by atoms with Gasteiger partial charge in [0.25, 0.3) is 0 Å². The normalized spacial score (nSPS) is 18.5. The van der Waals surface area contributed by atoms with E-state index < -0.39 is 0 Å². The van der Waals surface area contributed by atoms with Gasteiger partial charge in [0.2, 0.25) is 0 Å². The standard InChI is InChI=1S/C17H19N4/c1-13(20(2)3)15-10-7-11-17(15)21-12-16(18-19-21)14-8-5-4-6-9-14/h4-13H,1-3H3/t13-/m1/s1. The molecule has 1 fully saturated rings. The molecular weight excluding hydrogens is 260 g/mol. The molecule has 5 radical (unpaired) electrons. The Morgan fingerprint density at radius 2 is 1.86 bits per heavy atom. The number of benzene rings is 1. The van der Waals surface area contributed by atoms with Gasteiger partial charge < -0.3 is 4.90 Å². The van der Waals surface area contributed by atoms with Crippen LogP contribution in [0.3, 0.4) is 0 Å². The molecule has 3 rings (SSSR count). The first kappa shape index (κ1) is 14.3. The Bertz CT molecular complexity index is 575. The maximum Gasteiger partial charge on any atom is 0.113 e. The van der Waals surface area contributed by atoms with Crippen LogP contribution in [-0.2, 0) is 0 Å². The van der Waals surface area contributed by atoms with Gasteiger partial charge in [-0.2, -0.15) is 0 Å². The largest absolute Gasteiger partial charge is 0.306 e. The summed E-state index contributed by atoms with van der Waals surface area (Å²) in [6.07, 6.45) is 8.27. The van der Waals surface area contributed by atoms with Crippen LogP contribution in [0.5, 0.6) is 0 Å². The van der Waals surface area contributed by atoms with Crippen LogP contribution in [-0.4, -0.2) is 40.0 Å². The second-order valence-electron chi connectivity index (χ2n) is 5.42. The van der Waals surface area contributed by atoms with Crippen LogP contribution in [0.1, 0.15) is 6.92 Å². The first-order valence-corrected chi connectivity index (χ1v) is 7.07. The van der Waals surface area contributed by atoms with Crippen LogP contribution < -0.4 is 0 Å². The van der Waals surface area contributed by atoms with E-state index in [0.29, 0.717) is 6.04 Å². The van der Waals surface area contributed by atoms with E-state index >= 15 is 0 Å². The third kappa shape index (κ3) is 2.86. The van der Waals surface area contributed by atoms with Gasteiger partial charge in [0.05, 0.1) is 6.20 Å². The maximum absolute atomic E-state index is 4.29. The molecule has 1 saturated carbocycles. The van der Waals surface area contributed by atoms with Crippen molar-refractivity contribution in [2.45, 2.75) is 13.0 Å². The summed E-state index contributed by atoms with van der Waals surface area (Å²) in [5.74, 6) is 1.25. The van der Waals surface area contributed by atoms with E-state index in [-0.39, 0.29) is 0 Å². The minimum atomic E-state index is 0.333. The van der Waals surface area contributed by atoms with Crippen LogP contribution in [0.15, 0.2) is 36.5 Å². The van der Waals surface area contributed by atoms with E-state index in [1.54, 1.807) is 0 Å². The highest BCUT2D eigenvalue weighted by Crippen LogP contribution is 2.37. The molecule has 2 aromatic rings. The summed E-state index contributed by atoms with van der Waals surface area (Å²) in [6, 6.07) is 11.5. The SMILES string of the molecule is C[C@H]([C]1[CH][CH][CH][C]1n1cc(-c2ccccc2)nn1)N(C)C. The van der Waals surface area contributed by atoms with Crippen LogP contribution in [0.4, 0.5) is 0 Å². The Morgan fingerprint density at radius 1 is 1.10 bits per heavy atom. The molecule has 1 aliphatic carbocycles. The van der Waals surface area contributed by atoms with Crippen molar-refractivity contribution in [3.63, 3.8) is 0 Å². The Morgan fingerprint density at radius 3 is 2.57 bits per heavy atom. The number of aromatic nitrogens is 3. The van der Waals surface area contributed by atoms with Gasteiger partial charge in [-0.15, -0.1) is 5.10 Å². The first-order chi connectivity index (χ1) is 10.2. The summed E-state index contributed by atoms with van der Waals surface area (Å²) in [4.78, 5) is 2.19. The van der Waals surface area contributed by atoms with E-state index in [4.69, 9.17) is 0 Å². The van der Waals surface area contributed by atoms with E-state index in [9.17, 15) is 0 Å². The Kier molecular flexibility index (Phi) is 4.06. The summed E-state index contributed by atoms with van der Waals surface area (Å²) in [5, 5.41) is 8.57. The fourth-order valence-electron chi connectivity index (χ4n) is 2.39. The van der Waals surface area contributed by atoms with Crippen molar-refractivity contribution in [2.24, 2.45) is 0 Å². The average Bonchev–Trinajstić information content (AvgIpc) is 3.16. The quantitative estimate of drug-likeness (QED) is 0.862. The van der Waals surface area contributed by atoms with Crippen LogP contribution in [0, 0.1) is 31.2 Å². The van der Waals surface area contributed by atoms with Gasteiger partial charge in [0.15, 0.2) is 0 Å². The molecule has 1 aliphatic rings. The lowest BCUT2D eigenvalue weighted by Gasteiger charge is -2.29. The van der Waals surface area contributed by atoms with Crippen molar-refractivity contribution >= 4 is 0 Å². The predicted molar refractivity (Wildman–Crippen MR) is 83.4 cm³/mol. The molecular formula is C17H19N4. The van der Waals surface area contributed by atoms with Crippen molar-refractivity contribution in [3.05, 3.63) is 67.8 Å². The van der Waals surface area contributed by atoms with Gasteiger partial charge in [0.1, 0.15) is 11.7 Å². The van der Waals surface area contributed by atoms with E-state index in [1.165, 1.54) is 5.92 Å². The van der Waals surface area contributed by atoms with Gasteiger partial charge in [0, 0.05) is 17.5 Å². The second-order valence-corrected chi connectivity index (χ2v) is 5.42. The maximum atomic E-state index is 4.29.